The van der Waals surface area contributed by atoms with Gasteiger partial charge in [0, 0.05) is 16.7 Å². The fraction of sp³-hybridized carbons (Fsp3) is 0.200. The van der Waals surface area contributed by atoms with Crippen molar-refractivity contribution in [2.45, 2.75) is 24.3 Å². The van der Waals surface area contributed by atoms with Crippen LogP contribution in [0, 0.1) is 0 Å². The van der Waals surface area contributed by atoms with Gasteiger partial charge in [-0.05, 0) is 62.1 Å². The van der Waals surface area contributed by atoms with Gasteiger partial charge in [0.05, 0.1) is 0 Å². The highest BCUT2D eigenvalue weighted by molar-refractivity contribution is 7.98. The van der Waals surface area contributed by atoms with Gasteiger partial charge < -0.3 is 15.2 Å². The van der Waals surface area contributed by atoms with E-state index in [1.165, 1.54) is 19.9 Å². The van der Waals surface area contributed by atoms with Crippen LogP contribution in [0.15, 0.2) is 59.5 Å². The van der Waals surface area contributed by atoms with Gasteiger partial charge in [-0.15, -0.1) is 11.8 Å². The zero-order chi connectivity index (χ0) is 19.2. The average molecular weight is 371 g/mol. The number of benzene rings is 2. The van der Waals surface area contributed by atoms with E-state index in [0.29, 0.717) is 5.75 Å². The predicted octanol–water partition coefficient (Wildman–Crippen LogP) is 4.30. The van der Waals surface area contributed by atoms with Gasteiger partial charge in [-0.2, -0.15) is 0 Å². The molecule has 0 fully saturated rings. The number of carboxylic acids is 1. The lowest BCUT2D eigenvalue weighted by Crippen LogP contribution is -2.37. The molecule has 136 valence electrons. The molecule has 0 aliphatic rings. The van der Waals surface area contributed by atoms with Crippen LogP contribution in [-0.4, -0.2) is 28.8 Å². The molecule has 0 saturated carbocycles. The second kappa shape index (κ2) is 8.58. The Bertz CT molecular complexity index is 813. The van der Waals surface area contributed by atoms with Gasteiger partial charge in [-0.1, -0.05) is 18.2 Å². The Hall–Kier alpha value is -2.73. The monoisotopic (exact) mass is 371 g/mol. The van der Waals surface area contributed by atoms with Crippen LogP contribution in [0.4, 0.5) is 5.69 Å². The van der Waals surface area contributed by atoms with Crippen molar-refractivity contribution in [1.29, 1.82) is 0 Å². The van der Waals surface area contributed by atoms with Gasteiger partial charge in [-0.3, -0.25) is 4.79 Å². The summed E-state index contributed by atoms with van der Waals surface area (Å²) in [7, 11) is 0. The zero-order valence-corrected chi connectivity index (χ0v) is 15.7. The van der Waals surface area contributed by atoms with Gasteiger partial charge in [-0.25, -0.2) is 4.79 Å². The number of carbonyl (C=O) groups excluding carboxylic acids is 1. The van der Waals surface area contributed by atoms with E-state index in [2.05, 4.69) is 5.32 Å². The summed E-state index contributed by atoms with van der Waals surface area (Å²) >= 11 is 1.61. The number of amides is 1. The highest BCUT2D eigenvalue weighted by atomic mass is 32.2. The molecule has 0 radical (unpaired) electrons. The Balaban J connectivity index is 1.97. The largest absolute Gasteiger partial charge is 0.478 e. The maximum atomic E-state index is 12.0. The predicted molar refractivity (Wildman–Crippen MR) is 105 cm³/mol. The minimum absolute atomic E-state index is 0.226. The number of anilines is 1. The van der Waals surface area contributed by atoms with E-state index in [1.807, 2.05) is 30.5 Å². The number of thioether (sulfide) groups is 1. The van der Waals surface area contributed by atoms with E-state index in [4.69, 9.17) is 9.84 Å². The highest BCUT2D eigenvalue weighted by Crippen LogP contribution is 2.20. The molecule has 0 saturated heterocycles. The van der Waals surface area contributed by atoms with Crippen molar-refractivity contribution in [2.75, 3.05) is 11.6 Å². The van der Waals surface area contributed by atoms with E-state index in [9.17, 15) is 9.59 Å². The number of aliphatic carboxylic acids is 1. The van der Waals surface area contributed by atoms with Gasteiger partial charge >= 0.3 is 5.97 Å². The fourth-order valence-corrected chi connectivity index (χ4v) is 2.50. The smallest absolute Gasteiger partial charge is 0.347 e. The van der Waals surface area contributed by atoms with Crippen LogP contribution in [0.25, 0.3) is 6.08 Å². The maximum Gasteiger partial charge on any atom is 0.347 e. The number of carbonyl (C=O) groups is 2. The standard InChI is InChI=1S/C20H21NO4S/c1-20(2,19(23)24)25-16-10-7-14(8-11-16)9-12-18(22)21-15-5-4-6-17(13-15)26-3/h4-13H,1-3H3,(H,21,22)(H,23,24)/b12-9+. The Labute approximate surface area is 157 Å². The van der Waals surface area contributed by atoms with Crippen molar-refractivity contribution in [1.82, 2.24) is 0 Å². The molecule has 6 heteroatoms. The summed E-state index contributed by atoms with van der Waals surface area (Å²) in [6, 6.07) is 14.5. The lowest BCUT2D eigenvalue weighted by atomic mass is 10.1. The summed E-state index contributed by atoms with van der Waals surface area (Å²) in [5, 5.41) is 11.9. The van der Waals surface area contributed by atoms with E-state index < -0.39 is 11.6 Å². The second-order valence-electron chi connectivity index (χ2n) is 6.04. The Kier molecular flexibility index (Phi) is 6.46. The van der Waals surface area contributed by atoms with Crippen molar-refractivity contribution in [2.24, 2.45) is 0 Å². The number of ether oxygens (including phenoxy) is 1. The lowest BCUT2D eigenvalue weighted by Gasteiger charge is -2.21. The third-order valence-corrected chi connectivity index (χ3v) is 4.26. The molecule has 0 aliphatic heterocycles. The number of carboxylic acid groups (broad SMARTS) is 1. The first-order valence-electron chi connectivity index (χ1n) is 7.96. The van der Waals surface area contributed by atoms with Crippen LogP contribution in [0.3, 0.4) is 0 Å². The first kappa shape index (κ1) is 19.6. The first-order valence-corrected chi connectivity index (χ1v) is 9.18. The van der Waals surface area contributed by atoms with E-state index in [0.717, 1.165) is 16.1 Å². The van der Waals surface area contributed by atoms with E-state index in [-0.39, 0.29) is 5.91 Å². The van der Waals surface area contributed by atoms with Crippen LogP contribution < -0.4 is 10.1 Å². The molecule has 0 unspecified atom stereocenters. The minimum atomic E-state index is -1.30. The SMILES string of the molecule is CSc1cccc(NC(=O)/C=C/c2ccc(OC(C)(C)C(=O)O)cc2)c1. The molecule has 0 aromatic heterocycles. The summed E-state index contributed by atoms with van der Waals surface area (Å²) in [4.78, 5) is 24.2. The van der Waals surface area contributed by atoms with Gasteiger partial charge in [0.15, 0.2) is 5.60 Å². The zero-order valence-electron chi connectivity index (χ0n) is 14.9. The summed E-state index contributed by atoms with van der Waals surface area (Å²) in [5.41, 5.74) is 0.243. The fourth-order valence-electron chi connectivity index (χ4n) is 2.04. The molecule has 2 aromatic rings. The molecular weight excluding hydrogens is 350 g/mol. The molecule has 0 aliphatic carbocycles. The number of hydrogen-bond donors (Lipinski definition) is 2. The van der Waals surface area contributed by atoms with Crippen LogP contribution >= 0.6 is 11.8 Å². The van der Waals surface area contributed by atoms with Crippen molar-refractivity contribution >= 4 is 35.4 Å². The summed E-state index contributed by atoms with van der Waals surface area (Å²) in [6.45, 7) is 2.97. The molecule has 2 aromatic carbocycles. The van der Waals surface area contributed by atoms with Gasteiger partial charge in [0.25, 0.3) is 0 Å². The van der Waals surface area contributed by atoms with Crippen molar-refractivity contribution in [3.63, 3.8) is 0 Å². The molecule has 0 heterocycles. The Morgan fingerprint density at radius 2 is 1.85 bits per heavy atom. The molecule has 26 heavy (non-hydrogen) atoms. The summed E-state index contributed by atoms with van der Waals surface area (Å²) in [6.07, 6.45) is 5.11. The first-order chi connectivity index (χ1) is 12.3. The number of nitrogens with one attached hydrogen (secondary N) is 1. The van der Waals surface area contributed by atoms with Crippen molar-refractivity contribution in [3.05, 3.63) is 60.2 Å². The Morgan fingerprint density at radius 1 is 1.15 bits per heavy atom. The molecule has 0 spiro atoms. The summed E-state index contributed by atoms with van der Waals surface area (Å²) < 4.78 is 5.44. The normalized spacial score (nSPS) is 11.3. The molecule has 0 bridgehead atoms. The van der Waals surface area contributed by atoms with E-state index in [1.54, 1.807) is 42.1 Å². The van der Waals surface area contributed by atoms with Crippen molar-refractivity contribution in [3.8, 4) is 5.75 Å². The van der Waals surface area contributed by atoms with Gasteiger partial charge in [0.2, 0.25) is 5.91 Å². The molecule has 5 nitrogen and oxygen atoms in total. The van der Waals surface area contributed by atoms with Crippen LogP contribution in [-0.2, 0) is 9.59 Å². The molecule has 1 amide bonds. The van der Waals surface area contributed by atoms with Crippen LogP contribution in [0.2, 0.25) is 0 Å². The van der Waals surface area contributed by atoms with Crippen molar-refractivity contribution < 1.29 is 19.4 Å². The number of rotatable bonds is 7. The topological polar surface area (TPSA) is 75.6 Å². The van der Waals surface area contributed by atoms with Crippen LogP contribution in [0.1, 0.15) is 19.4 Å². The Morgan fingerprint density at radius 3 is 2.46 bits per heavy atom. The second-order valence-corrected chi connectivity index (χ2v) is 6.92. The summed E-state index contributed by atoms with van der Waals surface area (Å²) in [5.74, 6) is -0.813. The molecule has 0 atom stereocenters. The van der Waals surface area contributed by atoms with Gasteiger partial charge in [0.1, 0.15) is 5.75 Å². The number of hydrogen-bond acceptors (Lipinski definition) is 4. The quantitative estimate of drug-likeness (QED) is 0.560. The van der Waals surface area contributed by atoms with Crippen LogP contribution in [0.5, 0.6) is 5.75 Å². The highest BCUT2D eigenvalue weighted by Gasteiger charge is 2.29. The molecular formula is C20H21NO4S. The van der Waals surface area contributed by atoms with E-state index >= 15 is 0 Å². The molecule has 2 rings (SSSR count). The lowest BCUT2D eigenvalue weighted by molar-refractivity contribution is -0.152. The minimum Gasteiger partial charge on any atom is -0.478 e. The third-order valence-electron chi connectivity index (χ3n) is 3.53. The third kappa shape index (κ3) is 5.67. The average Bonchev–Trinajstić information content (AvgIpc) is 2.61. The maximum absolute atomic E-state index is 12.0. The molecule has 2 N–H and O–H groups in total.